The first-order valence-corrected chi connectivity index (χ1v) is 7.44. The van der Waals surface area contributed by atoms with Gasteiger partial charge in [-0.1, -0.05) is 6.92 Å². The van der Waals surface area contributed by atoms with E-state index in [0.717, 1.165) is 16.3 Å². The summed E-state index contributed by atoms with van der Waals surface area (Å²) in [6.45, 7) is 1.63. The van der Waals surface area contributed by atoms with E-state index in [9.17, 15) is 9.59 Å². The van der Waals surface area contributed by atoms with Gasteiger partial charge in [0.05, 0.1) is 19.2 Å². The molecule has 1 unspecified atom stereocenters. The summed E-state index contributed by atoms with van der Waals surface area (Å²) in [5, 5.41) is 12.1. The number of amides is 1. The summed E-state index contributed by atoms with van der Waals surface area (Å²) in [4.78, 5) is 27.4. The standard InChI is InChI=1S/C15H16N2O4S/c1-9(15(19)20)7-16-13(18)12-8-17-14(22-12)10-3-5-11(21-2)6-4-10/h3-6,8-9H,7H2,1-2H3,(H,16,18)(H,19,20). The Bertz CT molecular complexity index is 666. The lowest BCUT2D eigenvalue weighted by molar-refractivity contribution is -0.140. The number of carboxylic acids is 1. The number of hydrogen-bond acceptors (Lipinski definition) is 5. The summed E-state index contributed by atoms with van der Waals surface area (Å²) in [6.07, 6.45) is 1.49. The van der Waals surface area contributed by atoms with Gasteiger partial charge < -0.3 is 15.2 Å². The number of hydrogen-bond donors (Lipinski definition) is 2. The quantitative estimate of drug-likeness (QED) is 0.852. The maximum Gasteiger partial charge on any atom is 0.308 e. The zero-order chi connectivity index (χ0) is 16.1. The average molecular weight is 320 g/mol. The van der Waals surface area contributed by atoms with E-state index in [1.807, 2.05) is 24.3 Å². The van der Waals surface area contributed by atoms with Crippen LogP contribution in [0.3, 0.4) is 0 Å². The Morgan fingerprint density at radius 3 is 2.64 bits per heavy atom. The molecular weight excluding hydrogens is 304 g/mol. The molecule has 2 rings (SSSR count). The number of aromatic nitrogens is 1. The molecule has 1 heterocycles. The zero-order valence-electron chi connectivity index (χ0n) is 12.2. The van der Waals surface area contributed by atoms with Crippen LogP contribution in [0.5, 0.6) is 5.75 Å². The van der Waals surface area contributed by atoms with Crippen LogP contribution >= 0.6 is 11.3 Å². The Balaban J connectivity index is 2.03. The predicted molar refractivity (Wildman–Crippen MR) is 83.2 cm³/mol. The number of carbonyl (C=O) groups is 2. The van der Waals surface area contributed by atoms with Crippen LogP contribution < -0.4 is 10.1 Å². The summed E-state index contributed by atoms with van der Waals surface area (Å²) in [5.41, 5.74) is 0.892. The molecule has 1 atom stereocenters. The Kier molecular flexibility index (Phi) is 5.11. The van der Waals surface area contributed by atoms with Crippen molar-refractivity contribution in [2.24, 2.45) is 5.92 Å². The highest BCUT2D eigenvalue weighted by Gasteiger charge is 2.15. The molecule has 0 aliphatic rings. The summed E-state index contributed by atoms with van der Waals surface area (Å²) in [6, 6.07) is 7.38. The molecular formula is C15H16N2O4S. The van der Waals surface area contributed by atoms with Gasteiger partial charge >= 0.3 is 5.97 Å². The fourth-order valence-electron chi connectivity index (χ4n) is 1.67. The molecule has 0 aliphatic heterocycles. The number of benzene rings is 1. The van der Waals surface area contributed by atoms with Crippen molar-refractivity contribution in [2.45, 2.75) is 6.92 Å². The lowest BCUT2D eigenvalue weighted by Gasteiger charge is -2.06. The van der Waals surface area contributed by atoms with Crippen molar-refractivity contribution in [3.8, 4) is 16.3 Å². The van der Waals surface area contributed by atoms with Gasteiger partial charge in [-0.3, -0.25) is 9.59 Å². The number of methoxy groups -OCH3 is 1. The normalized spacial score (nSPS) is 11.7. The smallest absolute Gasteiger partial charge is 0.308 e. The molecule has 2 N–H and O–H groups in total. The molecule has 0 spiro atoms. The SMILES string of the molecule is COc1ccc(-c2ncc(C(=O)NCC(C)C(=O)O)s2)cc1. The summed E-state index contributed by atoms with van der Waals surface area (Å²) < 4.78 is 5.09. The largest absolute Gasteiger partial charge is 0.497 e. The number of thiazole rings is 1. The summed E-state index contributed by atoms with van der Waals surface area (Å²) in [5.74, 6) is -1.13. The molecule has 1 amide bonds. The molecule has 0 fully saturated rings. The van der Waals surface area contributed by atoms with E-state index in [1.54, 1.807) is 7.11 Å². The fourth-order valence-corrected chi connectivity index (χ4v) is 2.50. The highest BCUT2D eigenvalue weighted by atomic mass is 32.1. The van der Waals surface area contributed by atoms with Gasteiger partial charge in [-0.05, 0) is 24.3 Å². The molecule has 2 aromatic rings. The van der Waals surface area contributed by atoms with Crippen molar-refractivity contribution >= 4 is 23.2 Å². The Labute approximate surface area is 131 Å². The Hall–Kier alpha value is -2.41. The van der Waals surface area contributed by atoms with Crippen LogP contribution in [0, 0.1) is 5.92 Å². The van der Waals surface area contributed by atoms with Gasteiger partial charge in [0.15, 0.2) is 0 Å². The Morgan fingerprint density at radius 1 is 1.36 bits per heavy atom. The minimum atomic E-state index is -0.941. The van der Waals surface area contributed by atoms with E-state index in [4.69, 9.17) is 9.84 Å². The van der Waals surface area contributed by atoms with E-state index < -0.39 is 11.9 Å². The number of carboxylic acid groups (broad SMARTS) is 1. The second-order valence-electron chi connectivity index (χ2n) is 4.71. The first kappa shape index (κ1) is 16.0. The van der Waals surface area contributed by atoms with Crippen molar-refractivity contribution in [2.75, 3.05) is 13.7 Å². The van der Waals surface area contributed by atoms with Gasteiger partial charge in [0.1, 0.15) is 15.6 Å². The molecule has 0 radical (unpaired) electrons. The van der Waals surface area contributed by atoms with Crippen LogP contribution in [0.2, 0.25) is 0 Å². The molecule has 22 heavy (non-hydrogen) atoms. The van der Waals surface area contributed by atoms with Crippen molar-refractivity contribution < 1.29 is 19.4 Å². The Morgan fingerprint density at radius 2 is 2.05 bits per heavy atom. The topological polar surface area (TPSA) is 88.5 Å². The molecule has 7 heteroatoms. The van der Waals surface area contributed by atoms with Gasteiger partial charge in [0.25, 0.3) is 5.91 Å². The monoisotopic (exact) mass is 320 g/mol. The van der Waals surface area contributed by atoms with Gasteiger partial charge in [-0.2, -0.15) is 0 Å². The summed E-state index contributed by atoms with van der Waals surface area (Å²) >= 11 is 1.26. The van der Waals surface area contributed by atoms with E-state index in [-0.39, 0.29) is 12.5 Å². The van der Waals surface area contributed by atoms with E-state index in [1.165, 1.54) is 24.5 Å². The average Bonchev–Trinajstić information content (AvgIpc) is 3.02. The van der Waals surface area contributed by atoms with Crippen LogP contribution in [0.15, 0.2) is 30.5 Å². The molecule has 0 saturated heterocycles. The van der Waals surface area contributed by atoms with Gasteiger partial charge in [-0.25, -0.2) is 4.98 Å². The van der Waals surface area contributed by atoms with Gasteiger partial charge in [-0.15, -0.1) is 11.3 Å². The maximum absolute atomic E-state index is 12.0. The third kappa shape index (κ3) is 3.82. The van der Waals surface area contributed by atoms with Crippen LogP contribution in [0.25, 0.3) is 10.6 Å². The third-order valence-corrected chi connectivity index (χ3v) is 4.10. The minimum absolute atomic E-state index is 0.0872. The number of ether oxygens (including phenoxy) is 1. The van der Waals surface area contributed by atoms with E-state index in [2.05, 4.69) is 10.3 Å². The van der Waals surface area contributed by atoms with Crippen molar-refractivity contribution in [1.82, 2.24) is 10.3 Å². The van der Waals surface area contributed by atoms with Gasteiger partial charge in [0, 0.05) is 12.1 Å². The second-order valence-corrected chi connectivity index (χ2v) is 5.74. The van der Waals surface area contributed by atoms with Crippen molar-refractivity contribution in [3.05, 3.63) is 35.3 Å². The van der Waals surface area contributed by atoms with Gasteiger partial charge in [0.2, 0.25) is 0 Å². The van der Waals surface area contributed by atoms with Crippen LogP contribution in [-0.2, 0) is 4.79 Å². The van der Waals surface area contributed by atoms with E-state index in [0.29, 0.717) is 4.88 Å². The first-order valence-electron chi connectivity index (χ1n) is 6.62. The number of nitrogens with zero attached hydrogens (tertiary/aromatic N) is 1. The molecule has 116 valence electrons. The minimum Gasteiger partial charge on any atom is -0.497 e. The molecule has 0 aliphatic carbocycles. The molecule has 0 bridgehead atoms. The maximum atomic E-state index is 12.0. The molecule has 6 nitrogen and oxygen atoms in total. The second kappa shape index (κ2) is 7.04. The zero-order valence-corrected chi connectivity index (χ0v) is 13.0. The fraction of sp³-hybridized carbons (Fsp3) is 0.267. The number of rotatable bonds is 6. The molecule has 1 aromatic heterocycles. The van der Waals surface area contributed by atoms with E-state index >= 15 is 0 Å². The van der Waals surface area contributed by atoms with Crippen molar-refractivity contribution in [3.63, 3.8) is 0 Å². The van der Waals surface area contributed by atoms with Crippen molar-refractivity contribution in [1.29, 1.82) is 0 Å². The highest BCUT2D eigenvalue weighted by molar-refractivity contribution is 7.16. The van der Waals surface area contributed by atoms with Crippen LogP contribution in [-0.4, -0.2) is 35.6 Å². The third-order valence-electron chi connectivity index (χ3n) is 3.06. The first-order chi connectivity index (χ1) is 10.5. The number of aliphatic carboxylic acids is 1. The van der Waals surface area contributed by atoms with Crippen LogP contribution in [0.4, 0.5) is 0 Å². The number of nitrogens with one attached hydrogen (secondary N) is 1. The summed E-state index contributed by atoms with van der Waals surface area (Å²) in [7, 11) is 1.60. The molecule has 0 saturated carbocycles. The number of carbonyl (C=O) groups excluding carboxylic acids is 1. The lowest BCUT2D eigenvalue weighted by Crippen LogP contribution is -2.30. The predicted octanol–water partition coefficient (Wildman–Crippen LogP) is 2.27. The van der Waals surface area contributed by atoms with Crippen LogP contribution in [0.1, 0.15) is 16.6 Å². The lowest BCUT2D eigenvalue weighted by atomic mass is 10.2. The highest BCUT2D eigenvalue weighted by Crippen LogP contribution is 2.26. The molecule has 1 aromatic carbocycles.